The normalized spacial score (nSPS) is 18.5. The number of anilines is 2. The van der Waals surface area contributed by atoms with E-state index in [1.807, 2.05) is 49.3 Å². The highest BCUT2D eigenvalue weighted by molar-refractivity contribution is 8.00. The van der Waals surface area contributed by atoms with Gasteiger partial charge in [-0.05, 0) is 49.9 Å². The lowest BCUT2D eigenvalue weighted by Gasteiger charge is -2.30. The molecule has 0 bridgehead atoms. The molecule has 3 aromatic rings. The maximum absolute atomic E-state index is 12.3. The van der Waals surface area contributed by atoms with Crippen LogP contribution in [0.2, 0.25) is 0 Å². The molecule has 31 heavy (non-hydrogen) atoms. The minimum atomic E-state index is 0.0895. The number of amides is 1. The van der Waals surface area contributed by atoms with Crippen molar-refractivity contribution in [2.75, 3.05) is 30.1 Å². The predicted octanol–water partition coefficient (Wildman–Crippen LogP) is 3.72. The van der Waals surface area contributed by atoms with Crippen LogP contribution in [0.15, 0.2) is 53.7 Å². The number of carbonyl (C=O) groups is 1. The number of pyridine rings is 1. The van der Waals surface area contributed by atoms with Gasteiger partial charge in [0.2, 0.25) is 11.9 Å². The SMILES string of the molecule is CN(C)c1nc(N[C@H]2CC[C@@H](NC(=O)CSc3ccncc3)CC2)nc2ccccc12. The first-order chi connectivity index (χ1) is 15.1. The molecule has 2 heterocycles. The van der Waals surface area contributed by atoms with Crippen LogP contribution in [0.5, 0.6) is 0 Å². The van der Waals surface area contributed by atoms with E-state index in [9.17, 15) is 4.79 Å². The number of hydrogen-bond donors (Lipinski definition) is 2. The summed E-state index contributed by atoms with van der Waals surface area (Å²) in [6.07, 6.45) is 7.37. The van der Waals surface area contributed by atoms with Crippen molar-refractivity contribution >= 4 is 40.3 Å². The summed E-state index contributed by atoms with van der Waals surface area (Å²) >= 11 is 1.54. The average Bonchev–Trinajstić information content (AvgIpc) is 2.79. The number of carbonyl (C=O) groups excluding carboxylic acids is 1. The van der Waals surface area contributed by atoms with Gasteiger partial charge < -0.3 is 15.5 Å². The molecule has 2 aromatic heterocycles. The Morgan fingerprint density at radius 2 is 1.74 bits per heavy atom. The Morgan fingerprint density at radius 3 is 2.48 bits per heavy atom. The van der Waals surface area contributed by atoms with Gasteiger partial charge in [-0.2, -0.15) is 4.98 Å². The van der Waals surface area contributed by atoms with Gasteiger partial charge in [-0.25, -0.2) is 4.98 Å². The zero-order valence-corrected chi connectivity index (χ0v) is 18.7. The summed E-state index contributed by atoms with van der Waals surface area (Å²) in [6, 6.07) is 12.5. The largest absolute Gasteiger partial charge is 0.362 e. The van der Waals surface area contributed by atoms with Gasteiger partial charge in [0.1, 0.15) is 5.82 Å². The lowest BCUT2D eigenvalue weighted by molar-refractivity contribution is -0.119. The Hall–Kier alpha value is -2.87. The van der Waals surface area contributed by atoms with Gasteiger partial charge >= 0.3 is 0 Å². The molecule has 162 valence electrons. The predicted molar refractivity (Wildman–Crippen MR) is 127 cm³/mol. The van der Waals surface area contributed by atoms with Crippen molar-refractivity contribution in [2.45, 2.75) is 42.7 Å². The van der Waals surface area contributed by atoms with Crippen molar-refractivity contribution in [1.82, 2.24) is 20.3 Å². The number of nitrogens with one attached hydrogen (secondary N) is 2. The highest BCUT2D eigenvalue weighted by Gasteiger charge is 2.23. The van der Waals surface area contributed by atoms with Crippen molar-refractivity contribution in [3.05, 3.63) is 48.8 Å². The Balaban J connectivity index is 1.29. The Bertz CT molecular complexity index is 1020. The molecule has 1 saturated carbocycles. The number of fused-ring (bicyclic) bond motifs is 1. The highest BCUT2D eigenvalue weighted by atomic mass is 32.2. The summed E-state index contributed by atoms with van der Waals surface area (Å²) in [5.74, 6) is 2.11. The molecule has 1 amide bonds. The second-order valence-electron chi connectivity index (χ2n) is 8.01. The summed E-state index contributed by atoms with van der Waals surface area (Å²) in [5, 5.41) is 7.75. The standard InChI is InChI=1S/C23H28N6OS/c1-29(2)22-19-5-3-4-6-20(19)27-23(28-22)26-17-9-7-16(8-10-17)25-21(30)15-31-18-11-13-24-14-12-18/h3-6,11-14,16-17H,7-10,15H2,1-2H3,(H,25,30)(H,26,27,28)/t16-,17+. The van der Waals surface area contributed by atoms with Crippen LogP contribution in [-0.4, -0.2) is 52.8 Å². The van der Waals surface area contributed by atoms with Gasteiger partial charge in [-0.3, -0.25) is 9.78 Å². The Morgan fingerprint density at radius 1 is 1.03 bits per heavy atom. The Kier molecular flexibility index (Phi) is 6.86. The van der Waals surface area contributed by atoms with Crippen molar-refractivity contribution in [3.8, 4) is 0 Å². The van der Waals surface area contributed by atoms with Gasteiger partial charge in [-0.1, -0.05) is 12.1 Å². The first kappa shape index (κ1) is 21.4. The molecule has 2 N–H and O–H groups in total. The summed E-state index contributed by atoms with van der Waals surface area (Å²) in [6.45, 7) is 0. The van der Waals surface area contributed by atoms with Gasteiger partial charge in [0.05, 0.1) is 11.3 Å². The molecule has 0 atom stereocenters. The number of benzene rings is 1. The van der Waals surface area contributed by atoms with Crippen molar-refractivity contribution in [2.24, 2.45) is 0 Å². The lowest BCUT2D eigenvalue weighted by Crippen LogP contribution is -2.41. The lowest BCUT2D eigenvalue weighted by atomic mass is 9.91. The number of para-hydroxylation sites is 1. The van der Waals surface area contributed by atoms with Crippen LogP contribution in [0.25, 0.3) is 10.9 Å². The van der Waals surface area contributed by atoms with Gasteiger partial charge in [0, 0.05) is 48.9 Å². The van der Waals surface area contributed by atoms with E-state index in [1.165, 1.54) is 11.8 Å². The number of rotatable bonds is 7. The molecule has 1 fully saturated rings. The second kappa shape index (κ2) is 9.96. The average molecular weight is 437 g/mol. The fourth-order valence-corrected chi connectivity index (χ4v) is 4.58. The van der Waals surface area contributed by atoms with Crippen molar-refractivity contribution in [1.29, 1.82) is 0 Å². The first-order valence-electron chi connectivity index (χ1n) is 10.6. The molecule has 0 spiro atoms. The molecule has 1 aliphatic carbocycles. The summed E-state index contributed by atoms with van der Waals surface area (Å²) in [7, 11) is 4.00. The van der Waals surface area contributed by atoms with Crippen LogP contribution >= 0.6 is 11.8 Å². The smallest absolute Gasteiger partial charge is 0.230 e. The molecule has 1 aromatic carbocycles. The molecule has 0 unspecified atom stereocenters. The topological polar surface area (TPSA) is 83.0 Å². The number of aromatic nitrogens is 3. The van der Waals surface area contributed by atoms with Gasteiger partial charge in [-0.15, -0.1) is 11.8 Å². The van der Waals surface area contributed by atoms with Crippen molar-refractivity contribution in [3.63, 3.8) is 0 Å². The van der Waals surface area contributed by atoms with E-state index in [0.717, 1.165) is 47.3 Å². The quantitative estimate of drug-likeness (QED) is 0.546. The first-order valence-corrected chi connectivity index (χ1v) is 11.6. The van der Waals surface area contributed by atoms with E-state index >= 15 is 0 Å². The highest BCUT2D eigenvalue weighted by Crippen LogP contribution is 2.26. The van der Waals surface area contributed by atoms with Crippen LogP contribution in [0.3, 0.4) is 0 Å². The minimum absolute atomic E-state index is 0.0895. The fraction of sp³-hybridized carbons (Fsp3) is 0.391. The third-order valence-corrected chi connectivity index (χ3v) is 6.46. The summed E-state index contributed by atoms with van der Waals surface area (Å²) in [4.78, 5) is 28.8. The van der Waals surface area contributed by atoms with E-state index in [-0.39, 0.29) is 11.9 Å². The van der Waals surface area contributed by atoms with Crippen LogP contribution in [0.1, 0.15) is 25.7 Å². The van der Waals surface area contributed by atoms with E-state index in [4.69, 9.17) is 9.97 Å². The van der Waals surface area contributed by atoms with Gasteiger partial charge in [0.15, 0.2) is 0 Å². The zero-order valence-electron chi connectivity index (χ0n) is 17.9. The maximum Gasteiger partial charge on any atom is 0.230 e. The molecule has 0 aliphatic heterocycles. The van der Waals surface area contributed by atoms with Crippen LogP contribution in [0.4, 0.5) is 11.8 Å². The van der Waals surface area contributed by atoms with E-state index in [2.05, 4.69) is 21.7 Å². The van der Waals surface area contributed by atoms with Crippen molar-refractivity contribution < 1.29 is 4.79 Å². The minimum Gasteiger partial charge on any atom is -0.362 e. The summed E-state index contributed by atoms with van der Waals surface area (Å²) < 4.78 is 0. The molecule has 4 rings (SSSR count). The van der Waals surface area contributed by atoms with E-state index < -0.39 is 0 Å². The van der Waals surface area contributed by atoms with E-state index in [1.54, 1.807) is 12.4 Å². The number of nitrogens with zero attached hydrogens (tertiary/aromatic N) is 4. The molecular formula is C23H28N6OS. The second-order valence-corrected chi connectivity index (χ2v) is 9.06. The van der Waals surface area contributed by atoms with E-state index in [0.29, 0.717) is 17.7 Å². The van der Waals surface area contributed by atoms with Crippen LogP contribution < -0.4 is 15.5 Å². The fourth-order valence-electron chi connectivity index (χ4n) is 3.88. The monoisotopic (exact) mass is 436 g/mol. The summed E-state index contributed by atoms with van der Waals surface area (Å²) in [5.41, 5.74) is 0.941. The molecule has 7 nitrogen and oxygen atoms in total. The molecule has 8 heteroatoms. The number of hydrogen-bond acceptors (Lipinski definition) is 7. The molecule has 0 saturated heterocycles. The van der Waals surface area contributed by atoms with Crippen LogP contribution in [0, 0.1) is 0 Å². The number of thioether (sulfide) groups is 1. The Labute approximate surface area is 187 Å². The maximum atomic E-state index is 12.3. The molecular weight excluding hydrogens is 408 g/mol. The van der Waals surface area contributed by atoms with Gasteiger partial charge in [0.25, 0.3) is 0 Å². The third-order valence-electron chi connectivity index (χ3n) is 5.45. The third kappa shape index (κ3) is 5.64. The molecule has 1 aliphatic rings. The van der Waals surface area contributed by atoms with Crippen LogP contribution in [-0.2, 0) is 4.79 Å². The zero-order chi connectivity index (χ0) is 21.6. The molecule has 0 radical (unpaired) electrons.